The van der Waals surface area contributed by atoms with Crippen LogP contribution in [0.5, 0.6) is 0 Å². The van der Waals surface area contributed by atoms with E-state index in [1.54, 1.807) is 6.08 Å². The van der Waals surface area contributed by atoms with Crippen LogP contribution in [0.15, 0.2) is 54.1 Å². The molecule has 1 atom stereocenters. The Morgan fingerprint density at radius 3 is 2.19 bits per heavy atom. The van der Waals surface area contributed by atoms with E-state index in [9.17, 15) is 9.59 Å². The third-order valence-electron chi connectivity index (χ3n) is 6.84. The van der Waals surface area contributed by atoms with Gasteiger partial charge in [-0.3, -0.25) is 9.59 Å². The molecule has 1 saturated carbocycles. The Balaban J connectivity index is 1.33. The van der Waals surface area contributed by atoms with E-state index in [1.165, 1.54) is 5.56 Å². The van der Waals surface area contributed by atoms with E-state index >= 15 is 0 Å². The monoisotopic (exact) mass is 416 g/mol. The molecule has 4 rings (SSSR count). The molecular formula is C28H32O3. The van der Waals surface area contributed by atoms with Crippen LogP contribution in [-0.4, -0.2) is 17.7 Å². The van der Waals surface area contributed by atoms with Crippen LogP contribution in [0.25, 0.3) is 0 Å². The molecular weight excluding hydrogens is 384 g/mol. The van der Waals surface area contributed by atoms with Crippen molar-refractivity contribution in [3.63, 3.8) is 0 Å². The Bertz CT molecular complexity index is 971. The first-order valence-corrected chi connectivity index (χ1v) is 11.4. The molecule has 0 amide bonds. The van der Waals surface area contributed by atoms with Crippen molar-refractivity contribution in [1.82, 2.24) is 0 Å². The van der Waals surface area contributed by atoms with E-state index in [1.807, 2.05) is 39.0 Å². The van der Waals surface area contributed by atoms with Gasteiger partial charge in [0.2, 0.25) is 0 Å². The van der Waals surface area contributed by atoms with Crippen LogP contribution >= 0.6 is 0 Å². The molecule has 31 heavy (non-hydrogen) atoms. The van der Waals surface area contributed by atoms with Crippen molar-refractivity contribution >= 4 is 11.6 Å². The van der Waals surface area contributed by atoms with Crippen molar-refractivity contribution in [2.24, 2.45) is 5.92 Å². The number of Topliss-reactive ketones (excluding diaryl/α,β-unsaturated/α-hetero) is 1. The van der Waals surface area contributed by atoms with Crippen LogP contribution in [0, 0.1) is 26.7 Å². The number of aryl methyl sites for hydroxylation is 3. The van der Waals surface area contributed by atoms with Gasteiger partial charge in [0.15, 0.2) is 11.6 Å². The number of carbonyl (C=O) groups excluding carboxylic acids is 2. The Kier molecular flexibility index (Phi) is 6.52. The summed E-state index contributed by atoms with van der Waals surface area (Å²) in [5.41, 5.74) is 6.08. The smallest absolute Gasteiger partial charge is 0.174 e. The molecule has 2 aromatic carbocycles. The quantitative estimate of drug-likeness (QED) is 0.547. The molecule has 0 aromatic heterocycles. The predicted molar refractivity (Wildman–Crippen MR) is 123 cm³/mol. The molecule has 3 heteroatoms. The van der Waals surface area contributed by atoms with Gasteiger partial charge in [-0.2, -0.15) is 0 Å². The van der Waals surface area contributed by atoms with E-state index in [-0.39, 0.29) is 17.7 Å². The first-order valence-electron chi connectivity index (χ1n) is 11.4. The van der Waals surface area contributed by atoms with E-state index in [0.29, 0.717) is 12.5 Å². The van der Waals surface area contributed by atoms with Gasteiger partial charge in [0.25, 0.3) is 0 Å². The van der Waals surface area contributed by atoms with Gasteiger partial charge in [-0.05, 0) is 87.1 Å². The summed E-state index contributed by atoms with van der Waals surface area (Å²) in [6.45, 7) is 6.71. The number of allylic oxidation sites excluding steroid dienone is 2. The SMILES string of the molecule is Cc1cc(C)c(C2C(=O)C=C(CC3CCC(OCc4ccccc4)CC3)C2=O)c(C)c1. The molecule has 0 bridgehead atoms. The fraction of sp³-hybridized carbons (Fsp3) is 0.429. The Morgan fingerprint density at radius 2 is 1.55 bits per heavy atom. The van der Waals surface area contributed by atoms with Crippen LogP contribution in [-0.2, 0) is 20.9 Å². The number of rotatable bonds is 6. The molecule has 2 aliphatic rings. The molecule has 0 radical (unpaired) electrons. The summed E-state index contributed by atoms with van der Waals surface area (Å²) in [5, 5.41) is 0. The minimum Gasteiger partial charge on any atom is -0.374 e. The van der Waals surface area contributed by atoms with E-state index in [4.69, 9.17) is 4.74 Å². The van der Waals surface area contributed by atoms with Crippen molar-refractivity contribution in [3.05, 3.63) is 81.9 Å². The maximum absolute atomic E-state index is 13.2. The van der Waals surface area contributed by atoms with Crippen LogP contribution in [0.4, 0.5) is 0 Å². The average Bonchev–Trinajstić information content (AvgIpc) is 3.01. The summed E-state index contributed by atoms with van der Waals surface area (Å²) in [4.78, 5) is 26.0. The van der Waals surface area contributed by atoms with Crippen LogP contribution in [0.1, 0.15) is 65.8 Å². The van der Waals surface area contributed by atoms with Crippen molar-refractivity contribution in [3.8, 4) is 0 Å². The third-order valence-corrected chi connectivity index (χ3v) is 6.84. The topological polar surface area (TPSA) is 43.4 Å². The van der Waals surface area contributed by atoms with Gasteiger partial charge in [-0.25, -0.2) is 0 Å². The first kappa shape index (κ1) is 21.7. The highest BCUT2D eigenvalue weighted by molar-refractivity contribution is 6.25. The lowest BCUT2D eigenvalue weighted by Gasteiger charge is -2.29. The summed E-state index contributed by atoms with van der Waals surface area (Å²) in [6.07, 6.45) is 6.77. The molecule has 0 aliphatic heterocycles. The van der Waals surface area contributed by atoms with Gasteiger partial charge < -0.3 is 4.74 Å². The second-order valence-electron chi connectivity index (χ2n) is 9.33. The Hall–Kier alpha value is -2.52. The van der Waals surface area contributed by atoms with Crippen LogP contribution in [0.3, 0.4) is 0 Å². The zero-order valence-electron chi connectivity index (χ0n) is 18.8. The maximum atomic E-state index is 13.2. The van der Waals surface area contributed by atoms with Gasteiger partial charge in [-0.1, -0.05) is 48.0 Å². The molecule has 1 unspecified atom stereocenters. The summed E-state index contributed by atoms with van der Waals surface area (Å²) >= 11 is 0. The fourth-order valence-electron chi connectivity index (χ4n) is 5.32. The molecule has 0 spiro atoms. The molecule has 2 aliphatic carbocycles. The summed E-state index contributed by atoms with van der Waals surface area (Å²) < 4.78 is 6.10. The molecule has 1 fully saturated rings. The highest BCUT2D eigenvalue weighted by atomic mass is 16.5. The van der Waals surface area contributed by atoms with Crippen molar-refractivity contribution in [2.45, 2.75) is 71.5 Å². The van der Waals surface area contributed by atoms with Crippen molar-refractivity contribution in [2.75, 3.05) is 0 Å². The lowest BCUT2D eigenvalue weighted by molar-refractivity contribution is -0.123. The second-order valence-corrected chi connectivity index (χ2v) is 9.33. The largest absolute Gasteiger partial charge is 0.374 e. The lowest BCUT2D eigenvalue weighted by Crippen LogP contribution is -2.23. The highest BCUT2D eigenvalue weighted by Crippen LogP contribution is 2.38. The maximum Gasteiger partial charge on any atom is 0.174 e. The number of hydrogen-bond acceptors (Lipinski definition) is 3. The molecule has 2 aromatic rings. The van der Waals surface area contributed by atoms with Gasteiger partial charge in [0.05, 0.1) is 12.7 Å². The average molecular weight is 417 g/mol. The van der Waals surface area contributed by atoms with Crippen LogP contribution in [0.2, 0.25) is 0 Å². The normalized spacial score (nSPS) is 23.8. The number of ketones is 2. The van der Waals surface area contributed by atoms with Crippen molar-refractivity contribution < 1.29 is 14.3 Å². The molecule has 0 saturated heterocycles. The third kappa shape index (κ3) is 4.88. The first-order chi connectivity index (χ1) is 14.9. The van der Waals surface area contributed by atoms with Crippen molar-refractivity contribution in [1.29, 1.82) is 0 Å². The van der Waals surface area contributed by atoms with Crippen LogP contribution < -0.4 is 0 Å². The zero-order valence-corrected chi connectivity index (χ0v) is 18.8. The van der Waals surface area contributed by atoms with Gasteiger partial charge in [0, 0.05) is 5.57 Å². The number of ether oxygens (including phenoxy) is 1. The Labute approximate surface area is 185 Å². The number of benzene rings is 2. The summed E-state index contributed by atoms with van der Waals surface area (Å²) in [7, 11) is 0. The minimum absolute atomic E-state index is 0.0162. The van der Waals surface area contributed by atoms with E-state index in [2.05, 4.69) is 24.3 Å². The van der Waals surface area contributed by atoms with Gasteiger partial charge in [0.1, 0.15) is 5.92 Å². The summed E-state index contributed by atoms with van der Waals surface area (Å²) in [5.74, 6) is -0.211. The minimum atomic E-state index is -0.638. The number of hydrogen-bond donors (Lipinski definition) is 0. The second kappa shape index (κ2) is 9.32. The molecule has 0 N–H and O–H groups in total. The zero-order chi connectivity index (χ0) is 22.0. The highest BCUT2D eigenvalue weighted by Gasteiger charge is 2.38. The summed E-state index contributed by atoms with van der Waals surface area (Å²) in [6, 6.07) is 14.4. The van der Waals surface area contributed by atoms with E-state index < -0.39 is 5.92 Å². The van der Waals surface area contributed by atoms with Gasteiger partial charge >= 0.3 is 0 Å². The standard InChI is InChI=1S/C28H32O3/c1-18-13-19(2)26(20(3)14-18)27-25(29)16-23(28(27)30)15-21-9-11-24(12-10-21)31-17-22-7-5-4-6-8-22/h4-8,13-14,16,21,24,27H,9-12,15,17H2,1-3H3. The lowest BCUT2D eigenvalue weighted by atomic mass is 9.81. The van der Waals surface area contributed by atoms with E-state index in [0.717, 1.165) is 59.9 Å². The molecule has 162 valence electrons. The Morgan fingerprint density at radius 1 is 0.903 bits per heavy atom. The fourth-order valence-corrected chi connectivity index (χ4v) is 5.32. The number of carbonyl (C=O) groups is 2. The van der Waals surface area contributed by atoms with Gasteiger partial charge in [-0.15, -0.1) is 0 Å². The molecule has 3 nitrogen and oxygen atoms in total. The molecule has 0 heterocycles. The predicted octanol–water partition coefficient (Wildman–Crippen LogP) is 5.94.